The molecule has 1 atom stereocenters. The summed E-state index contributed by atoms with van der Waals surface area (Å²) >= 11 is 0. The van der Waals surface area contributed by atoms with Crippen LogP contribution < -0.4 is 0 Å². The minimum absolute atomic E-state index is 0.106. The summed E-state index contributed by atoms with van der Waals surface area (Å²) in [6.07, 6.45) is 2.83. The molecule has 1 fully saturated rings. The summed E-state index contributed by atoms with van der Waals surface area (Å²) in [4.78, 5) is 10.2. The Balaban J connectivity index is 1.43. The summed E-state index contributed by atoms with van der Waals surface area (Å²) in [6, 6.07) is 3.62. The SMILES string of the molecule is OC1(C#Cc2ccc(-c3cn4c(n3)CCCC4)nc2)CCN(CC(F)(F)F)C1. The topological polar surface area (TPSA) is 54.2 Å². The number of halogens is 3. The van der Waals surface area contributed by atoms with Crippen LogP contribution in [-0.2, 0) is 13.0 Å². The zero-order chi connectivity index (χ0) is 19.8. The highest BCUT2D eigenvalue weighted by Gasteiger charge is 2.40. The van der Waals surface area contributed by atoms with Gasteiger partial charge in [-0.15, -0.1) is 0 Å². The fourth-order valence-corrected chi connectivity index (χ4v) is 3.71. The van der Waals surface area contributed by atoms with E-state index in [1.54, 1.807) is 12.3 Å². The van der Waals surface area contributed by atoms with Crippen molar-refractivity contribution in [2.45, 2.75) is 44.0 Å². The predicted octanol–water partition coefficient (Wildman–Crippen LogP) is 2.63. The molecule has 0 spiro atoms. The van der Waals surface area contributed by atoms with Crippen molar-refractivity contribution in [1.29, 1.82) is 0 Å². The summed E-state index contributed by atoms with van der Waals surface area (Å²) in [7, 11) is 0. The minimum Gasteiger partial charge on any atom is -0.376 e. The lowest BCUT2D eigenvalue weighted by molar-refractivity contribution is -0.144. The van der Waals surface area contributed by atoms with Crippen LogP contribution in [0.1, 0.15) is 30.7 Å². The fraction of sp³-hybridized carbons (Fsp3) is 0.500. The molecule has 1 saturated heterocycles. The van der Waals surface area contributed by atoms with Crippen LogP contribution in [0.25, 0.3) is 11.4 Å². The first-order valence-corrected chi connectivity index (χ1v) is 9.37. The Morgan fingerprint density at radius 1 is 1.18 bits per heavy atom. The van der Waals surface area contributed by atoms with Crippen LogP contribution in [0, 0.1) is 11.8 Å². The number of pyridine rings is 1. The Kier molecular flexibility index (Phi) is 4.89. The van der Waals surface area contributed by atoms with Crippen molar-refractivity contribution >= 4 is 0 Å². The van der Waals surface area contributed by atoms with Gasteiger partial charge in [0.2, 0.25) is 0 Å². The number of fused-ring (bicyclic) bond motifs is 1. The lowest BCUT2D eigenvalue weighted by Crippen LogP contribution is -2.36. The van der Waals surface area contributed by atoms with Gasteiger partial charge in [0.25, 0.3) is 0 Å². The molecule has 0 aliphatic carbocycles. The second kappa shape index (κ2) is 7.22. The molecule has 148 valence electrons. The maximum atomic E-state index is 12.5. The van der Waals surface area contributed by atoms with Gasteiger partial charge in [0.05, 0.1) is 12.2 Å². The third-order valence-corrected chi connectivity index (χ3v) is 5.10. The molecular weight excluding hydrogens is 369 g/mol. The smallest absolute Gasteiger partial charge is 0.376 e. The van der Waals surface area contributed by atoms with E-state index in [0.29, 0.717) is 5.56 Å². The molecule has 0 bridgehead atoms. The quantitative estimate of drug-likeness (QED) is 0.801. The second-order valence-electron chi connectivity index (χ2n) is 7.48. The molecule has 0 radical (unpaired) electrons. The Labute approximate surface area is 161 Å². The summed E-state index contributed by atoms with van der Waals surface area (Å²) in [5, 5.41) is 10.4. The molecule has 5 nitrogen and oxygen atoms in total. The Morgan fingerprint density at radius 3 is 2.75 bits per heavy atom. The summed E-state index contributed by atoms with van der Waals surface area (Å²) in [6.45, 7) is 0.0236. The summed E-state index contributed by atoms with van der Waals surface area (Å²) in [5.74, 6) is 6.65. The zero-order valence-electron chi connectivity index (χ0n) is 15.3. The highest BCUT2D eigenvalue weighted by Crippen LogP contribution is 2.25. The van der Waals surface area contributed by atoms with E-state index in [1.165, 1.54) is 4.90 Å². The van der Waals surface area contributed by atoms with Crippen LogP contribution in [-0.4, -0.2) is 56.0 Å². The first-order chi connectivity index (χ1) is 13.3. The Morgan fingerprint density at radius 2 is 2.04 bits per heavy atom. The molecule has 8 heteroatoms. The van der Waals surface area contributed by atoms with Gasteiger partial charge in [-0.25, -0.2) is 4.98 Å². The van der Waals surface area contributed by atoms with Crippen molar-refractivity contribution in [3.63, 3.8) is 0 Å². The average molecular weight is 390 g/mol. The van der Waals surface area contributed by atoms with E-state index >= 15 is 0 Å². The van der Waals surface area contributed by atoms with Crippen LogP contribution >= 0.6 is 0 Å². The molecule has 2 aromatic heterocycles. The largest absolute Gasteiger partial charge is 0.401 e. The molecule has 2 aliphatic heterocycles. The number of imidazole rings is 1. The number of aryl methyl sites for hydroxylation is 2. The van der Waals surface area contributed by atoms with Gasteiger partial charge in [0.15, 0.2) is 0 Å². The maximum absolute atomic E-state index is 12.5. The zero-order valence-corrected chi connectivity index (χ0v) is 15.3. The first-order valence-electron chi connectivity index (χ1n) is 9.37. The standard InChI is InChI=1S/C20H21F3N4O/c21-20(22,23)14-26-10-8-19(28,13-26)7-6-15-4-5-16(24-11-15)17-12-27-9-2-1-3-18(27)25-17/h4-5,11-12,28H,1-3,8-10,13-14H2. The third kappa shape index (κ3) is 4.37. The fourth-order valence-electron chi connectivity index (χ4n) is 3.71. The van der Waals surface area contributed by atoms with E-state index in [2.05, 4.69) is 26.4 Å². The second-order valence-corrected chi connectivity index (χ2v) is 7.48. The maximum Gasteiger partial charge on any atom is 0.401 e. The number of nitrogens with zero attached hydrogens (tertiary/aromatic N) is 4. The predicted molar refractivity (Wildman–Crippen MR) is 97.3 cm³/mol. The van der Waals surface area contributed by atoms with Gasteiger partial charge >= 0.3 is 6.18 Å². The van der Waals surface area contributed by atoms with Gasteiger partial charge in [-0.1, -0.05) is 11.8 Å². The highest BCUT2D eigenvalue weighted by molar-refractivity contribution is 5.54. The molecule has 0 amide bonds. The van der Waals surface area contributed by atoms with Gasteiger partial charge in [-0.05, 0) is 25.0 Å². The van der Waals surface area contributed by atoms with Gasteiger partial charge in [0.1, 0.15) is 17.1 Å². The number of aromatic nitrogens is 3. The number of likely N-dealkylation sites (tertiary alicyclic amines) is 1. The molecule has 28 heavy (non-hydrogen) atoms. The molecule has 1 unspecified atom stereocenters. The van der Waals surface area contributed by atoms with E-state index in [4.69, 9.17) is 0 Å². The van der Waals surface area contributed by atoms with Crippen LogP contribution in [0.15, 0.2) is 24.5 Å². The summed E-state index contributed by atoms with van der Waals surface area (Å²) < 4.78 is 39.6. The Hall–Kier alpha value is -2.37. The van der Waals surface area contributed by atoms with Gasteiger partial charge in [-0.2, -0.15) is 13.2 Å². The van der Waals surface area contributed by atoms with E-state index in [1.807, 2.05) is 12.3 Å². The minimum atomic E-state index is -4.27. The lowest BCUT2D eigenvalue weighted by Gasteiger charge is -2.19. The van der Waals surface area contributed by atoms with Crippen molar-refractivity contribution in [2.75, 3.05) is 19.6 Å². The Bertz CT molecular complexity index is 887. The lowest BCUT2D eigenvalue weighted by atomic mass is 10.0. The normalized spacial score (nSPS) is 22.6. The monoisotopic (exact) mass is 390 g/mol. The van der Waals surface area contributed by atoms with Crippen molar-refractivity contribution in [3.8, 4) is 23.2 Å². The average Bonchev–Trinajstić information content (AvgIpc) is 3.23. The highest BCUT2D eigenvalue weighted by atomic mass is 19.4. The van der Waals surface area contributed by atoms with Crippen LogP contribution in [0.4, 0.5) is 13.2 Å². The number of β-amino-alcohol motifs (C(OH)–C–C–N with tert-alkyl or cyclic N) is 1. The van der Waals surface area contributed by atoms with Crippen molar-refractivity contribution in [2.24, 2.45) is 0 Å². The number of rotatable bonds is 2. The van der Waals surface area contributed by atoms with Crippen molar-refractivity contribution in [3.05, 3.63) is 35.9 Å². The van der Waals surface area contributed by atoms with Crippen LogP contribution in [0.3, 0.4) is 0 Å². The van der Waals surface area contributed by atoms with Gasteiger partial charge < -0.3 is 9.67 Å². The first kappa shape index (κ1) is 19.0. The number of hydrogen-bond acceptors (Lipinski definition) is 4. The molecule has 0 saturated carbocycles. The molecule has 2 aromatic rings. The molecule has 4 heterocycles. The number of alkyl halides is 3. The van der Waals surface area contributed by atoms with E-state index in [9.17, 15) is 18.3 Å². The van der Waals surface area contributed by atoms with E-state index < -0.39 is 18.3 Å². The molecule has 2 aliphatic rings. The van der Waals surface area contributed by atoms with Gasteiger partial charge in [0, 0.05) is 50.4 Å². The van der Waals surface area contributed by atoms with Crippen LogP contribution in [0.2, 0.25) is 0 Å². The van der Waals surface area contributed by atoms with Crippen LogP contribution in [0.5, 0.6) is 0 Å². The van der Waals surface area contributed by atoms with Crippen molar-refractivity contribution < 1.29 is 18.3 Å². The molecule has 4 rings (SSSR count). The number of aliphatic hydroxyl groups is 1. The molecular formula is C20H21F3N4O. The molecule has 0 aromatic carbocycles. The third-order valence-electron chi connectivity index (χ3n) is 5.10. The van der Waals surface area contributed by atoms with E-state index in [-0.39, 0.29) is 19.5 Å². The van der Waals surface area contributed by atoms with Crippen molar-refractivity contribution in [1.82, 2.24) is 19.4 Å². The molecule has 1 N–H and O–H groups in total. The summed E-state index contributed by atoms with van der Waals surface area (Å²) in [5.41, 5.74) is 0.764. The van der Waals surface area contributed by atoms with E-state index in [0.717, 1.165) is 43.0 Å². The van der Waals surface area contributed by atoms with Gasteiger partial charge in [-0.3, -0.25) is 9.88 Å². The number of hydrogen-bond donors (Lipinski definition) is 1.